The molecule has 0 saturated carbocycles. The highest BCUT2D eigenvalue weighted by Crippen LogP contribution is 2.23. The molecule has 104 valence electrons. The maximum absolute atomic E-state index is 11.8. The maximum atomic E-state index is 11.8. The molecule has 2 unspecified atom stereocenters. The summed E-state index contributed by atoms with van der Waals surface area (Å²) in [5.74, 6) is -1.11. The van der Waals surface area contributed by atoms with Gasteiger partial charge in [0.05, 0.1) is 5.92 Å². The van der Waals surface area contributed by atoms with Crippen molar-refractivity contribution in [2.24, 2.45) is 11.8 Å². The molecule has 6 nitrogen and oxygen atoms in total. The summed E-state index contributed by atoms with van der Waals surface area (Å²) in [4.78, 5) is 24.2. The zero-order valence-corrected chi connectivity index (χ0v) is 11.2. The van der Waals surface area contributed by atoms with Gasteiger partial charge in [-0.3, -0.25) is 4.79 Å². The minimum atomic E-state index is -0.798. The Morgan fingerprint density at radius 1 is 1.44 bits per heavy atom. The van der Waals surface area contributed by atoms with Gasteiger partial charge in [-0.2, -0.15) is 0 Å². The lowest BCUT2D eigenvalue weighted by atomic mass is 9.87. The van der Waals surface area contributed by atoms with Gasteiger partial charge < -0.3 is 20.1 Å². The van der Waals surface area contributed by atoms with Crippen LogP contribution in [0.4, 0.5) is 4.79 Å². The van der Waals surface area contributed by atoms with Crippen molar-refractivity contribution in [1.29, 1.82) is 0 Å². The number of likely N-dealkylation sites (tertiary alicyclic amines) is 1. The molecule has 6 heteroatoms. The number of carbonyl (C=O) groups excluding carboxylic acids is 1. The molecule has 2 atom stereocenters. The average Bonchev–Trinajstić information content (AvgIpc) is 2.23. The van der Waals surface area contributed by atoms with Gasteiger partial charge in [0.1, 0.15) is 0 Å². The Bertz CT molecular complexity index is 302. The van der Waals surface area contributed by atoms with Gasteiger partial charge in [0.15, 0.2) is 0 Å². The van der Waals surface area contributed by atoms with Crippen molar-refractivity contribution in [2.75, 3.05) is 26.8 Å². The molecule has 0 aromatic heterocycles. The van der Waals surface area contributed by atoms with E-state index in [9.17, 15) is 9.59 Å². The van der Waals surface area contributed by atoms with Crippen molar-refractivity contribution in [3.05, 3.63) is 0 Å². The highest BCUT2D eigenvalue weighted by Gasteiger charge is 2.37. The number of aliphatic carboxylic acids is 1. The van der Waals surface area contributed by atoms with E-state index in [1.54, 1.807) is 18.9 Å². The van der Waals surface area contributed by atoms with E-state index in [2.05, 4.69) is 5.32 Å². The molecule has 1 aliphatic heterocycles. The topological polar surface area (TPSA) is 78.9 Å². The lowest BCUT2D eigenvalue weighted by Gasteiger charge is -2.41. The Labute approximate surface area is 107 Å². The number of urea groups is 1. The van der Waals surface area contributed by atoms with Crippen LogP contribution in [0, 0.1) is 11.8 Å². The number of nitrogens with one attached hydrogen (secondary N) is 1. The van der Waals surface area contributed by atoms with Crippen LogP contribution in [0.15, 0.2) is 0 Å². The monoisotopic (exact) mass is 258 g/mol. The number of carboxylic acids is 1. The standard InChI is InChI=1S/C12H22N2O4/c1-8(4-5-18-3)13-12(17)14-6-10(7-14)9(2)11(15)16/h8-10H,4-7H2,1-3H3,(H,13,17)(H,15,16). The van der Waals surface area contributed by atoms with Crippen LogP contribution in [0.5, 0.6) is 0 Å². The number of hydrogen-bond donors (Lipinski definition) is 2. The largest absolute Gasteiger partial charge is 0.481 e. The van der Waals surface area contributed by atoms with Crippen molar-refractivity contribution in [1.82, 2.24) is 10.2 Å². The Kier molecular flexibility index (Phi) is 5.40. The first-order valence-corrected chi connectivity index (χ1v) is 6.22. The number of hydrogen-bond acceptors (Lipinski definition) is 3. The molecule has 0 bridgehead atoms. The van der Waals surface area contributed by atoms with Crippen LogP contribution < -0.4 is 5.32 Å². The summed E-state index contributed by atoms with van der Waals surface area (Å²) in [5, 5.41) is 11.7. The smallest absolute Gasteiger partial charge is 0.317 e. The van der Waals surface area contributed by atoms with E-state index in [-0.39, 0.29) is 23.9 Å². The van der Waals surface area contributed by atoms with Gasteiger partial charge in [-0.15, -0.1) is 0 Å². The van der Waals surface area contributed by atoms with Crippen LogP contribution in [0.1, 0.15) is 20.3 Å². The SMILES string of the molecule is COCCC(C)NC(=O)N1CC(C(C)C(=O)O)C1. The minimum absolute atomic E-state index is 0.0633. The van der Waals surface area contributed by atoms with Crippen molar-refractivity contribution in [2.45, 2.75) is 26.3 Å². The fourth-order valence-corrected chi connectivity index (χ4v) is 1.87. The van der Waals surface area contributed by atoms with Gasteiger partial charge in [-0.1, -0.05) is 6.92 Å². The molecule has 2 amide bonds. The Balaban J connectivity index is 2.24. The predicted octanol–water partition coefficient (Wildman–Crippen LogP) is 0.773. The number of rotatable bonds is 6. The van der Waals surface area contributed by atoms with E-state index in [1.165, 1.54) is 0 Å². The van der Waals surface area contributed by atoms with Crippen molar-refractivity contribution in [3.63, 3.8) is 0 Å². The number of nitrogens with zero attached hydrogens (tertiary/aromatic N) is 1. The third-order valence-electron chi connectivity index (χ3n) is 3.42. The third kappa shape index (κ3) is 3.87. The summed E-state index contributed by atoms with van der Waals surface area (Å²) in [6.45, 7) is 5.27. The fourth-order valence-electron chi connectivity index (χ4n) is 1.87. The molecule has 1 fully saturated rings. The highest BCUT2D eigenvalue weighted by atomic mass is 16.5. The summed E-state index contributed by atoms with van der Waals surface area (Å²) >= 11 is 0. The van der Waals surface area contributed by atoms with Gasteiger partial charge in [0, 0.05) is 38.8 Å². The van der Waals surface area contributed by atoms with E-state index in [4.69, 9.17) is 9.84 Å². The number of carboxylic acid groups (broad SMARTS) is 1. The van der Waals surface area contributed by atoms with Crippen molar-refractivity contribution < 1.29 is 19.4 Å². The summed E-state index contributed by atoms with van der Waals surface area (Å²) in [6.07, 6.45) is 0.769. The summed E-state index contributed by atoms with van der Waals surface area (Å²) in [7, 11) is 1.63. The average molecular weight is 258 g/mol. The fraction of sp³-hybridized carbons (Fsp3) is 0.833. The number of carbonyl (C=O) groups is 2. The number of ether oxygens (including phenoxy) is 1. The number of methoxy groups -OCH3 is 1. The zero-order valence-electron chi connectivity index (χ0n) is 11.2. The second-order valence-corrected chi connectivity index (χ2v) is 4.92. The predicted molar refractivity (Wildman–Crippen MR) is 66.3 cm³/mol. The summed E-state index contributed by atoms with van der Waals surface area (Å²) in [5.41, 5.74) is 0. The normalized spacial score (nSPS) is 18.9. The molecule has 1 heterocycles. The van der Waals surface area contributed by atoms with Crippen LogP contribution in [0.25, 0.3) is 0 Å². The first kappa shape index (κ1) is 14.8. The lowest BCUT2D eigenvalue weighted by molar-refractivity contribution is -0.144. The lowest BCUT2D eigenvalue weighted by Crippen LogP contribution is -2.57. The molecule has 0 aromatic rings. The van der Waals surface area contributed by atoms with Gasteiger partial charge in [-0.25, -0.2) is 4.79 Å². The van der Waals surface area contributed by atoms with Gasteiger partial charge in [-0.05, 0) is 13.3 Å². The zero-order chi connectivity index (χ0) is 13.7. The first-order chi connectivity index (χ1) is 8.45. The van der Waals surface area contributed by atoms with Crippen molar-refractivity contribution in [3.8, 4) is 0 Å². The highest BCUT2D eigenvalue weighted by molar-refractivity contribution is 5.76. The maximum Gasteiger partial charge on any atom is 0.317 e. The van der Waals surface area contributed by atoms with Crippen LogP contribution in [-0.4, -0.2) is 54.9 Å². The number of amides is 2. The molecule has 0 aliphatic carbocycles. The summed E-state index contributed by atoms with van der Waals surface area (Å²) < 4.78 is 4.94. The molecular weight excluding hydrogens is 236 g/mol. The Morgan fingerprint density at radius 3 is 2.56 bits per heavy atom. The van der Waals surface area contributed by atoms with E-state index in [1.807, 2.05) is 6.92 Å². The van der Waals surface area contributed by atoms with E-state index in [0.717, 1.165) is 6.42 Å². The molecule has 0 aromatic carbocycles. The van der Waals surface area contributed by atoms with Gasteiger partial charge in [0.25, 0.3) is 0 Å². The first-order valence-electron chi connectivity index (χ1n) is 6.22. The van der Waals surface area contributed by atoms with Crippen LogP contribution in [-0.2, 0) is 9.53 Å². The minimum Gasteiger partial charge on any atom is -0.481 e. The van der Waals surface area contributed by atoms with Crippen LogP contribution >= 0.6 is 0 Å². The van der Waals surface area contributed by atoms with Gasteiger partial charge in [0.2, 0.25) is 0 Å². The third-order valence-corrected chi connectivity index (χ3v) is 3.42. The van der Waals surface area contributed by atoms with Crippen LogP contribution in [0.3, 0.4) is 0 Å². The molecule has 1 aliphatic rings. The molecule has 1 rings (SSSR count). The molecule has 2 N–H and O–H groups in total. The van der Waals surface area contributed by atoms with E-state index < -0.39 is 5.97 Å². The van der Waals surface area contributed by atoms with Gasteiger partial charge >= 0.3 is 12.0 Å². The molecule has 1 saturated heterocycles. The second-order valence-electron chi connectivity index (χ2n) is 4.92. The molecule has 0 radical (unpaired) electrons. The molecule has 0 spiro atoms. The van der Waals surface area contributed by atoms with Crippen LogP contribution in [0.2, 0.25) is 0 Å². The van der Waals surface area contributed by atoms with Crippen molar-refractivity contribution >= 4 is 12.0 Å². The van der Waals surface area contributed by atoms with E-state index in [0.29, 0.717) is 19.7 Å². The quantitative estimate of drug-likeness (QED) is 0.737. The second kappa shape index (κ2) is 6.58. The molecule has 18 heavy (non-hydrogen) atoms. The van der Waals surface area contributed by atoms with E-state index >= 15 is 0 Å². The molecular formula is C12H22N2O4. The summed E-state index contributed by atoms with van der Waals surface area (Å²) in [6, 6.07) is -0.0548. The Morgan fingerprint density at radius 2 is 2.06 bits per heavy atom. The Hall–Kier alpha value is -1.30.